The maximum atomic E-state index is 13.4. The molecule has 4 nitrogen and oxygen atoms in total. The molecule has 154 valence electrons. The first-order chi connectivity index (χ1) is 14.4. The van der Waals surface area contributed by atoms with Crippen molar-refractivity contribution in [3.05, 3.63) is 82.3 Å². The number of benzene rings is 2. The zero-order valence-corrected chi connectivity index (χ0v) is 17.3. The molecule has 1 aliphatic heterocycles. The van der Waals surface area contributed by atoms with Crippen LogP contribution in [-0.2, 0) is 14.3 Å². The number of esters is 1. The third-order valence-corrected chi connectivity index (χ3v) is 6.10. The van der Waals surface area contributed by atoms with E-state index in [0.29, 0.717) is 24.1 Å². The maximum absolute atomic E-state index is 13.4. The van der Waals surface area contributed by atoms with Crippen LogP contribution in [0.15, 0.2) is 64.8 Å². The number of aryl methyl sites for hydroxylation is 1. The normalized spacial score (nSPS) is 23.7. The van der Waals surface area contributed by atoms with Gasteiger partial charge in [-0.15, -0.1) is 0 Å². The molecule has 0 aromatic heterocycles. The fourth-order valence-electron chi connectivity index (χ4n) is 4.75. The SMILES string of the molecule is COC(=O)C1=C(C)N=C2C[C@H](c3ccc(F)cc3)CC(=O)C2[C@@H]1c1cccc(C)c1. The summed E-state index contributed by atoms with van der Waals surface area (Å²) in [5, 5.41) is 0. The van der Waals surface area contributed by atoms with Crippen molar-refractivity contribution in [1.29, 1.82) is 0 Å². The number of rotatable bonds is 3. The highest BCUT2D eigenvalue weighted by Crippen LogP contribution is 2.46. The van der Waals surface area contributed by atoms with Gasteiger partial charge in [0.25, 0.3) is 0 Å². The molecule has 3 atom stereocenters. The van der Waals surface area contributed by atoms with Crippen LogP contribution >= 0.6 is 0 Å². The summed E-state index contributed by atoms with van der Waals surface area (Å²) in [6.07, 6.45) is 0.946. The maximum Gasteiger partial charge on any atom is 0.336 e. The Balaban J connectivity index is 1.79. The quantitative estimate of drug-likeness (QED) is 0.684. The van der Waals surface area contributed by atoms with Crippen molar-refractivity contribution in [2.75, 3.05) is 7.11 Å². The Bertz CT molecular complexity index is 1070. The van der Waals surface area contributed by atoms with E-state index in [-0.39, 0.29) is 17.5 Å². The molecule has 1 heterocycles. The number of hydrogen-bond donors (Lipinski definition) is 0. The number of fused-ring (bicyclic) bond motifs is 1. The number of halogens is 1. The number of nitrogens with zero attached hydrogens (tertiary/aromatic N) is 1. The van der Waals surface area contributed by atoms with Crippen LogP contribution in [0.5, 0.6) is 0 Å². The predicted molar refractivity (Wildman–Crippen MR) is 113 cm³/mol. The lowest BCUT2D eigenvalue weighted by Gasteiger charge is -2.38. The topological polar surface area (TPSA) is 55.7 Å². The Labute approximate surface area is 175 Å². The van der Waals surface area contributed by atoms with Crippen molar-refractivity contribution in [3.8, 4) is 0 Å². The van der Waals surface area contributed by atoms with Crippen LogP contribution in [-0.4, -0.2) is 24.6 Å². The number of ether oxygens (including phenoxy) is 1. The van der Waals surface area contributed by atoms with Gasteiger partial charge in [-0.05, 0) is 49.4 Å². The summed E-state index contributed by atoms with van der Waals surface area (Å²) in [5.41, 5.74) is 4.74. The van der Waals surface area contributed by atoms with Gasteiger partial charge in [0.05, 0.1) is 18.6 Å². The number of aliphatic imine (C=N–C) groups is 1. The van der Waals surface area contributed by atoms with E-state index < -0.39 is 17.8 Å². The van der Waals surface area contributed by atoms with Crippen LogP contribution in [0.4, 0.5) is 4.39 Å². The summed E-state index contributed by atoms with van der Waals surface area (Å²) in [7, 11) is 1.35. The van der Waals surface area contributed by atoms with Crippen LogP contribution < -0.4 is 0 Å². The molecule has 5 heteroatoms. The largest absolute Gasteiger partial charge is 0.466 e. The van der Waals surface area contributed by atoms with Gasteiger partial charge in [-0.1, -0.05) is 42.0 Å². The highest BCUT2D eigenvalue weighted by atomic mass is 19.1. The highest BCUT2D eigenvalue weighted by molar-refractivity contribution is 6.12. The average Bonchev–Trinajstić information content (AvgIpc) is 2.72. The van der Waals surface area contributed by atoms with Crippen LogP contribution in [0.2, 0.25) is 0 Å². The van der Waals surface area contributed by atoms with E-state index in [1.807, 2.05) is 31.2 Å². The Kier molecular flexibility index (Phi) is 5.37. The Morgan fingerprint density at radius 1 is 1.03 bits per heavy atom. The second-order valence-electron chi connectivity index (χ2n) is 8.09. The fraction of sp³-hybridized carbons (Fsp3) is 0.320. The number of carbonyl (C=O) groups excluding carboxylic acids is 2. The summed E-state index contributed by atoms with van der Waals surface area (Å²) < 4.78 is 18.4. The lowest BCUT2D eigenvalue weighted by atomic mass is 9.66. The molecular weight excluding hydrogens is 381 g/mol. The van der Waals surface area contributed by atoms with E-state index >= 15 is 0 Å². The van der Waals surface area contributed by atoms with Gasteiger partial charge < -0.3 is 4.74 Å². The van der Waals surface area contributed by atoms with Crippen molar-refractivity contribution < 1.29 is 18.7 Å². The molecule has 0 bridgehead atoms. The van der Waals surface area contributed by atoms with E-state index in [0.717, 1.165) is 22.4 Å². The molecule has 0 saturated heterocycles. The summed E-state index contributed by atoms with van der Waals surface area (Å²) in [6, 6.07) is 14.2. The molecule has 1 unspecified atom stereocenters. The van der Waals surface area contributed by atoms with E-state index in [2.05, 4.69) is 0 Å². The van der Waals surface area contributed by atoms with Crippen molar-refractivity contribution >= 4 is 17.5 Å². The van der Waals surface area contributed by atoms with E-state index in [1.54, 1.807) is 19.1 Å². The second kappa shape index (κ2) is 7.98. The Morgan fingerprint density at radius 2 is 1.77 bits per heavy atom. The number of ketones is 1. The van der Waals surface area contributed by atoms with Crippen LogP contribution in [0, 0.1) is 18.7 Å². The van der Waals surface area contributed by atoms with Crippen molar-refractivity contribution in [3.63, 3.8) is 0 Å². The van der Waals surface area contributed by atoms with Gasteiger partial charge in [0.1, 0.15) is 11.6 Å². The molecule has 0 N–H and O–H groups in total. The predicted octanol–water partition coefficient (Wildman–Crippen LogP) is 4.88. The molecule has 1 saturated carbocycles. The molecule has 4 rings (SSSR count). The molecule has 30 heavy (non-hydrogen) atoms. The van der Waals surface area contributed by atoms with Gasteiger partial charge in [-0.3, -0.25) is 9.79 Å². The summed E-state index contributed by atoms with van der Waals surface area (Å²) in [5.74, 6) is -1.63. The third kappa shape index (κ3) is 3.60. The standard InChI is InChI=1S/C25H24FNO3/c1-14-5-4-6-17(11-14)23-22(25(29)30-3)15(2)27-20-12-18(13-21(28)24(20)23)16-7-9-19(26)10-8-16/h4-11,18,23-24H,12-13H2,1-3H3/t18-,23+,24?/m0/s1. The number of carbonyl (C=O) groups is 2. The molecule has 0 radical (unpaired) electrons. The summed E-state index contributed by atoms with van der Waals surface area (Å²) in [4.78, 5) is 30.7. The minimum Gasteiger partial charge on any atom is -0.466 e. The van der Waals surface area contributed by atoms with Crippen LogP contribution in [0.3, 0.4) is 0 Å². The second-order valence-corrected chi connectivity index (χ2v) is 8.09. The highest BCUT2D eigenvalue weighted by Gasteiger charge is 2.45. The zero-order chi connectivity index (χ0) is 21.4. The summed E-state index contributed by atoms with van der Waals surface area (Å²) >= 11 is 0. The third-order valence-electron chi connectivity index (χ3n) is 6.10. The first-order valence-corrected chi connectivity index (χ1v) is 10.1. The summed E-state index contributed by atoms with van der Waals surface area (Å²) in [6.45, 7) is 3.78. The van der Waals surface area contributed by atoms with Gasteiger partial charge in [-0.25, -0.2) is 9.18 Å². The van der Waals surface area contributed by atoms with Crippen molar-refractivity contribution in [2.24, 2.45) is 10.9 Å². The van der Waals surface area contributed by atoms with E-state index in [9.17, 15) is 14.0 Å². The Morgan fingerprint density at radius 3 is 2.43 bits per heavy atom. The van der Waals surface area contributed by atoms with Gasteiger partial charge in [0.2, 0.25) is 0 Å². The number of allylic oxidation sites excluding steroid dienone is 1. The van der Waals surface area contributed by atoms with E-state index in [1.165, 1.54) is 19.2 Å². The van der Waals surface area contributed by atoms with Gasteiger partial charge in [-0.2, -0.15) is 0 Å². The number of hydrogen-bond acceptors (Lipinski definition) is 4. The van der Waals surface area contributed by atoms with Gasteiger partial charge >= 0.3 is 5.97 Å². The van der Waals surface area contributed by atoms with Gasteiger partial charge in [0, 0.05) is 23.7 Å². The first kappa shape index (κ1) is 20.2. The smallest absolute Gasteiger partial charge is 0.336 e. The molecule has 2 aromatic carbocycles. The minimum atomic E-state index is -0.485. The monoisotopic (exact) mass is 405 g/mol. The van der Waals surface area contributed by atoms with Crippen LogP contribution in [0.1, 0.15) is 48.3 Å². The van der Waals surface area contributed by atoms with Crippen molar-refractivity contribution in [1.82, 2.24) is 0 Å². The van der Waals surface area contributed by atoms with Crippen LogP contribution in [0.25, 0.3) is 0 Å². The molecule has 0 spiro atoms. The van der Waals surface area contributed by atoms with E-state index in [4.69, 9.17) is 9.73 Å². The molecule has 1 aliphatic carbocycles. The van der Waals surface area contributed by atoms with Crippen molar-refractivity contribution in [2.45, 2.75) is 38.5 Å². The number of methoxy groups -OCH3 is 1. The zero-order valence-electron chi connectivity index (χ0n) is 17.3. The molecule has 2 aliphatic rings. The lowest BCUT2D eigenvalue weighted by molar-refractivity contribution is -0.136. The molecule has 0 amide bonds. The fourth-order valence-corrected chi connectivity index (χ4v) is 4.75. The minimum absolute atomic E-state index is 0.0428. The molecule has 1 fully saturated rings. The lowest BCUT2D eigenvalue weighted by Crippen LogP contribution is -2.41. The van der Waals surface area contributed by atoms with Gasteiger partial charge in [0.15, 0.2) is 0 Å². The average molecular weight is 405 g/mol. The molecule has 2 aromatic rings. The Hall–Kier alpha value is -3.08. The molecular formula is C25H24FNO3. The first-order valence-electron chi connectivity index (χ1n) is 10.1. The number of Topliss-reactive ketones (excluding diaryl/α,β-unsaturated/α-hetero) is 1.